The molecule has 3 aromatic rings. The first-order valence-electron chi connectivity index (χ1n) is 10.2. The van der Waals surface area contributed by atoms with Gasteiger partial charge in [-0.05, 0) is 49.1 Å². The molecule has 2 amide bonds. The molecule has 3 aromatic heterocycles. The maximum absolute atomic E-state index is 12.4. The maximum atomic E-state index is 12.4. The van der Waals surface area contributed by atoms with Gasteiger partial charge in [0, 0.05) is 48.3 Å². The van der Waals surface area contributed by atoms with Gasteiger partial charge in [0.15, 0.2) is 0 Å². The monoisotopic (exact) mass is 431 g/mol. The van der Waals surface area contributed by atoms with Gasteiger partial charge in [-0.3, -0.25) is 14.6 Å². The van der Waals surface area contributed by atoms with E-state index in [-0.39, 0.29) is 17.7 Å². The summed E-state index contributed by atoms with van der Waals surface area (Å²) >= 11 is 1.61. The van der Waals surface area contributed by atoms with Gasteiger partial charge in [0.25, 0.3) is 5.91 Å². The SMILES string of the molecule is CNC(=O)c1cnc(NC(=O)C2CC2)c2c1C=C(c1cc(-c3csc(C)n3)ccn1)C2. The summed E-state index contributed by atoms with van der Waals surface area (Å²) < 4.78 is 0. The molecule has 0 bridgehead atoms. The van der Waals surface area contributed by atoms with E-state index in [1.165, 1.54) is 6.20 Å². The average molecular weight is 432 g/mol. The number of aryl methyl sites for hydroxylation is 1. The lowest BCUT2D eigenvalue weighted by molar-refractivity contribution is -0.117. The van der Waals surface area contributed by atoms with Gasteiger partial charge in [-0.1, -0.05) is 0 Å². The zero-order chi connectivity index (χ0) is 21.5. The lowest BCUT2D eigenvalue weighted by Gasteiger charge is -2.12. The van der Waals surface area contributed by atoms with Crippen molar-refractivity contribution in [2.24, 2.45) is 5.92 Å². The number of allylic oxidation sites excluding steroid dienone is 1. The van der Waals surface area contributed by atoms with E-state index >= 15 is 0 Å². The summed E-state index contributed by atoms with van der Waals surface area (Å²) in [6.45, 7) is 1.98. The maximum Gasteiger partial charge on any atom is 0.253 e. The normalized spacial score (nSPS) is 14.7. The Hall–Kier alpha value is -3.39. The molecular formula is C23H21N5O2S. The Morgan fingerprint density at radius 1 is 1.19 bits per heavy atom. The number of thiazole rings is 1. The van der Waals surface area contributed by atoms with Crippen LogP contribution in [0.15, 0.2) is 29.9 Å². The molecule has 0 atom stereocenters. The first kappa shape index (κ1) is 19.6. The third-order valence-electron chi connectivity index (χ3n) is 5.57. The molecule has 0 unspecified atom stereocenters. The fourth-order valence-electron chi connectivity index (χ4n) is 3.74. The van der Waals surface area contributed by atoms with Gasteiger partial charge in [0.1, 0.15) is 5.82 Å². The molecule has 0 spiro atoms. The number of anilines is 1. The number of pyridine rings is 2. The van der Waals surface area contributed by atoms with Gasteiger partial charge in [-0.2, -0.15) is 0 Å². The zero-order valence-electron chi connectivity index (χ0n) is 17.2. The molecule has 0 radical (unpaired) electrons. The second kappa shape index (κ2) is 7.70. The largest absolute Gasteiger partial charge is 0.355 e. The van der Waals surface area contributed by atoms with Crippen LogP contribution in [0.25, 0.3) is 22.9 Å². The van der Waals surface area contributed by atoms with Crippen molar-refractivity contribution in [3.05, 3.63) is 57.3 Å². The molecule has 0 saturated heterocycles. The summed E-state index contributed by atoms with van der Waals surface area (Å²) in [5.74, 6) is 0.387. The molecule has 2 N–H and O–H groups in total. The number of aromatic nitrogens is 3. The van der Waals surface area contributed by atoms with Crippen LogP contribution in [-0.2, 0) is 11.2 Å². The third kappa shape index (κ3) is 3.74. The topological polar surface area (TPSA) is 96.9 Å². The lowest BCUT2D eigenvalue weighted by atomic mass is 10.0. The van der Waals surface area contributed by atoms with Crippen molar-refractivity contribution in [3.8, 4) is 11.3 Å². The van der Waals surface area contributed by atoms with Crippen LogP contribution >= 0.6 is 11.3 Å². The van der Waals surface area contributed by atoms with Crippen molar-refractivity contribution in [2.45, 2.75) is 26.2 Å². The molecule has 3 heterocycles. The number of hydrogen-bond acceptors (Lipinski definition) is 6. The number of nitrogens with zero attached hydrogens (tertiary/aromatic N) is 3. The van der Waals surface area contributed by atoms with Crippen LogP contribution in [0.2, 0.25) is 0 Å². The van der Waals surface area contributed by atoms with Crippen molar-refractivity contribution in [1.29, 1.82) is 0 Å². The van der Waals surface area contributed by atoms with Crippen LogP contribution in [0.3, 0.4) is 0 Å². The minimum Gasteiger partial charge on any atom is -0.355 e. The summed E-state index contributed by atoms with van der Waals surface area (Å²) in [4.78, 5) is 38.3. The predicted octanol–water partition coefficient (Wildman–Crippen LogP) is 3.71. The van der Waals surface area contributed by atoms with Crippen LogP contribution in [-0.4, -0.2) is 33.8 Å². The summed E-state index contributed by atoms with van der Waals surface area (Å²) in [7, 11) is 1.60. The summed E-state index contributed by atoms with van der Waals surface area (Å²) in [6, 6.07) is 3.96. The molecule has 5 rings (SSSR count). The highest BCUT2D eigenvalue weighted by atomic mass is 32.1. The number of fused-ring (bicyclic) bond motifs is 1. The minimum atomic E-state index is -0.207. The number of nitrogens with one attached hydrogen (secondary N) is 2. The van der Waals surface area contributed by atoms with E-state index in [0.717, 1.165) is 51.5 Å². The van der Waals surface area contributed by atoms with Crippen LogP contribution < -0.4 is 10.6 Å². The molecule has 0 aromatic carbocycles. The second-order valence-electron chi connectivity index (χ2n) is 7.78. The summed E-state index contributed by atoms with van der Waals surface area (Å²) in [5, 5.41) is 8.67. The van der Waals surface area contributed by atoms with Gasteiger partial charge in [0.2, 0.25) is 5.91 Å². The standard InChI is InChI=1S/C23H21N5O2S/c1-12-27-20(11-31-12)14-5-6-25-19(9-14)15-7-16-17(8-15)21(28-22(29)13-3-4-13)26-10-18(16)23(30)24-2/h5-7,9-11,13H,3-4,8H2,1-2H3,(H,24,30)(H,26,28,29). The van der Waals surface area contributed by atoms with Crippen LogP contribution in [0.4, 0.5) is 5.82 Å². The quantitative estimate of drug-likeness (QED) is 0.642. The minimum absolute atomic E-state index is 0.00475. The first-order chi connectivity index (χ1) is 15.0. The van der Waals surface area contributed by atoms with Crippen molar-refractivity contribution in [2.75, 3.05) is 12.4 Å². The van der Waals surface area contributed by atoms with Crippen LogP contribution in [0.5, 0.6) is 0 Å². The molecule has 1 fully saturated rings. The molecule has 0 aliphatic heterocycles. The van der Waals surface area contributed by atoms with Crippen molar-refractivity contribution >= 4 is 40.6 Å². The molecule has 2 aliphatic rings. The van der Waals surface area contributed by atoms with Gasteiger partial charge in [-0.25, -0.2) is 9.97 Å². The number of rotatable bonds is 5. The molecule has 31 heavy (non-hydrogen) atoms. The number of hydrogen-bond donors (Lipinski definition) is 2. The Bertz CT molecular complexity index is 1240. The highest BCUT2D eigenvalue weighted by Crippen LogP contribution is 2.38. The van der Waals surface area contributed by atoms with E-state index in [1.807, 2.05) is 30.5 Å². The van der Waals surface area contributed by atoms with Gasteiger partial charge in [-0.15, -0.1) is 11.3 Å². The second-order valence-corrected chi connectivity index (χ2v) is 8.85. The van der Waals surface area contributed by atoms with E-state index < -0.39 is 0 Å². The molecule has 7 nitrogen and oxygen atoms in total. The zero-order valence-corrected chi connectivity index (χ0v) is 18.0. The first-order valence-corrected chi connectivity index (χ1v) is 11.1. The van der Waals surface area contributed by atoms with Crippen LogP contribution in [0.1, 0.15) is 45.0 Å². The van der Waals surface area contributed by atoms with Crippen LogP contribution in [0, 0.1) is 12.8 Å². The van der Waals surface area contributed by atoms with Gasteiger partial charge < -0.3 is 10.6 Å². The lowest BCUT2D eigenvalue weighted by Crippen LogP contribution is -2.21. The molecule has 1 saturated carbocycles. The molecule has 156 valence electrons. The van der Waals surface area contributed by atoms with Gasteiger partial charge >= 0.3 is 0 Å². The average Bonchev–Trinajstić information content (AvgIpc) is 3.39. The smallest absolute Gasteiger partial charge is 0.253 e. The fraction of sp³-hybridized carbons (Fsp3) is 0.261. The highest BCUT2D eigenvalue weighted by Gasteiger charge is 2.32. The Morgan fingerprint density at radius 3 is 2.74 bits per heavy atom. The summed E-state index contributed by atoms with van der Waals surface area (Å²) in [5.41, 5.74) is 5.84. The van der Waals surface area contributed by atoms with Crippen molar-refractivity contribution in [1.82, 2.24) is 20.3 Å². The van der Waals surface area contributed by atoms with Crippen molar-refractivity contribution in [3.63, 3.8) is 0 Å². The van der Waals surface area contributed by atoms with E-state index in [9.17, 15) is 9.59 Å². The van der Waals surface area contributed by atoms with Crippen molar-refractivity contribution < 1.29 is 9.59 Å². The van der Waals surface area contributed by atoms with E-state index in [0.29, 0.717) is 17.8 Å². The molecule has 2 aliphatic carbocycles. The van der Waals surface area contributed by atoms with E-state index in [2.05, 4.69) is 25.6 Å². The summed E-state index contributed by atoms with van der Waals surface area (Å²) in [6.07, 6.45) is 7.66. The molecular weight excluding hydrogens is 410 g/mol. The van der Waals surface area contributed by atoms with E-state index in [1.54, 1.807) is 24.6 Å². The Morgan fingerprint density at radius 2 is 2.03 bits per heavy atom. The molecule has 8 heteroatoms. The Kier molecular flexibility index (Phi) is 4.86. The predicted molar refractivity (Wildman–Crippen MR) is 121 cm³/mol. The fourth-order valence-corrected chi connectivity index (χ4v) is 4.36. The number of amides is 2. The Balaban J connectivity index is 1.52. The van der Waals surface area contributed by atoms with E-state index in [4.69, 9.17) is 0 Å². The van der Waals surface area contributed by atoms with Gasteiger partial charge in [0.05, 0.1) is 22.0 Å². The number of carbonyl (C=O) groups is 2. The Labute approximate surface area is 183 Å². The highest BCUT2D eigenvalue weighted by molar-refractivity contribution is 7.09. The number of carbonyl (C=O) groups excluding carboxylic acids is 2. The third-order valence-corrected chi connectivity index (χ3v) is 6.35.